The van der Waals surface area contributed by atoms with Crippen LogP contribution < -0.4 is 4.90 Å². The summed E-state index contributed by atoms with van der Waals surface area (Å²) in [6.45, 7) is 4.48. The maximum Gasteiger partial charge on any atom is 0.159 e. The molecule has 0 radical (unpaired) electrons. The Hall–Kier alpha value is -6.68. The summed E-state index contributed by atoms with van der Waals surface area (Å²) in [5.74, 6) is 0. The monoisotopic (exact) mass is 643 g/mol. The fraction of sp³-hybridized carbons (Fsp3) is 0.0769. The van der Waals surface area contributed by atoms with Gasteiger partial charge in [-0.25, -0.2) is 4.63 Å². The molecule has 49 heavy (non-hydrogen) atoms. The van der Waals surface area contributed by atoms with E-state index in [0.717, 1.165) is 22.3 Å². The minimum Gasteiger partial charge on any atom is -0.410 e. The van der Waals surface area contributed by atoms with Gasteiger partial charge in [0.1, 0.15) is 16.9 Å². The van der Waals surface area contributed by atoms with E-state index in [0.29, 0.717) is 33.7 Å². The Morgan fingerprint density at radius 3 is 2.24 bits per heavy atom. The molecular weight excluding hydrogens is 614 g/mol. The van der Waals surface area contributed by atoms with Crippen molar-refractivity contribution >= 4 is 45.1 Å². The highest BCUT2D eigenvalue weighted by molar-refractivity contribution is 6.63. The first-order valence-electron chi connectivity index (χ1n) is 15.6. The molecule has 0 saturated carbocycles. The van der Waals surface area contributed by atoms with E-state index in [1.54, 1.807) is 29.2 Å². The zero-order chi connectivity index (χ0) is 33.9. The molecular formula is C39H29N7O3. The summed E-state index contributed by atoms with van der Waals surface area (Å²) in [5, 5.41) is 53.6. The Kier molecular flexibility index (Phi) is 6.81. The van der Waals surface area contributed by atoms with E-state index in [1.807, 2.05) is 42.5 Å². The summed E-state index contributed by atoms with van der Waals surface area (Å²) in [5.41, 5.74) is 9.62. The number of benzene rings is 4. The largest absolute Gasteiger partial charge is 0.410 e. The number of hydrogen-bond acceptors (Lipinski definition) is 10. The molecule has 1 aromatic heterocycles. The molecule has 3 aliphatic rings. The molecule has 0 fully saturated rings. The lowest BCUT2D eigenvalue weighted by molar-refractivity contribution is 0.315. The van der Waals surface area contributed by atoms with E-state index in [-0.39, 0.29) is 28.3 Å². The lowest BCUT2D eigenvalue weighted by Crippen LogP contribution is -2.37. The van der Waals surface area contributed by atoms with Crippen LogP contribution in [0.2, 0.25) is 0 Å². The Bertz CT molecular complexity index is 2430. The van der Waals surface area contributed by atoms with Gasteiger partial charge >= 0.3 is 0 Å². The predicted molar refractivity (Wildman–Crippen MR) is 191 cm³/mol. The molecule has 0 saturated heterocycles. The first kappa shape index (κ1) is 29.7. The number of fused-ring (bicyclic) bond motifs is 4. The van der Waals surface area contributed by atoms with Crippen LogP contribution in [0.15, 0.2) is 142 Å². The van der Waals surface area contributed by atoms with Crippen molar-refractivity contribution in [1.29, 1.82) is 10.8 Å². The molecule has 3 aliphatic carbocycles. The average Bonchev–Trinajstić information content (AvgIpc) is 3.71. The molecule has 0 unspecified atom stereocenters. The summed E-state index contributed by atoms with van der Waals surface area (Å²) in [7, 11) is 0. The Morgan fingerprint density at radius 2 is 1.45 bits per heavy atom. The molecule has 8 rings (SSSR count). The Balaban J connectivity index is 1.31. The van der Waals surface area contributed by atoms with E-state index in [4.69, 9.17) is 15.4 Å². The van der Waals surface area contributed by atoms with Gasteiger partial charge in [0, 0.05) is 16.6 Å². The minimum atomic E-state index is -0.134. The molecule has 238 valence electrons. The van der Waals surface area contributed by atoms with Gasteiger partial charge in [-0.3, -0.25) is 10.8 Å². The fourth-order valence-electron chi connectivity index (χ4n) is 7.06. The molecule has 4 N–H and O–H groups in total. The fourth-order valence-corrected chi connectivity index (χ4v) is 7.06. The predicted octanol–water partition coefficient (Wildman–Crippen LogP) is 8.14. The number of anilines is 1. The summed E-state index contributed by atoms with van der Waals surface area (Å²) in [4.78, 5) is 1.65. The summed E-state index contributed by atoms with van der Waals surface area (Å²) >= 11 is 0. The van der Waals surface area contributed by atoms with Crippen molar-refractivity contribution < 1.29 is 15.0 Å². The van der Waals surface area contributed by atoms with Crippen LogP contribution in [0.3, 0.4) is 0 Å². The molecule has 10 heteroatoms. The zero-order valence-electron chi connectivity index (χ0n) is 26.5. The van der Waals surface area contributed by atoms with Crippen LogP contribution in [-0.2, 0) is 5.41 Å². The molecule has 0 spiro atoms. The van der Waals surface area contributed by atoms with Crippen molar-refractivity contribution in [2.75, 3.05) is 4.90 Å². The van der Waals surface area contributed by atoms with Gasteiger partial charge in [-0.05, 0) is 86.2 Å². The topological polar surface area (TPSA) is 155 Å². The van der Waals surface area contributed by atoms with E-state index in [2.05, 4.69) is 76.9 Å². The maximum atomic E-state index is 10.4. The van der Waals surface area contributed by atoms with Crippen molar-refractivity contribution in [3.8, 4) is 22.3 Å². The maximum absolute atomic E-state index is 10.4. The number of nitrogens with one attached hydrogen (secondary N) is 2. The number of oxime groups is 2. The Labute approximate surface area is 281 Å². The number of allylic oxidation sites excluding steroid dienone is 8. The number of nitrogens with zero attached hydrogens (tertiary/aromatic N) is 5. The zero-order valence-corrected chi connectivity index (χ0v) is 26.5. The SMILES string of the molecule is CC1(C)c2ccccc2-c2cc(-c3ccc(N(C4=CC=C/C(=N/O)C4=N)C4=CC=C(c5ccccc5)C(=N)/C4=N\O)c4nonc34)ccc21. The van der Waals surface area contributed by atoms with Gasteiger partial charge in [-0.1, -0.05) is 97.0 Å². The van der Waals surface area contributed by atoms with Crippen molar-refractivity contribution in [2.45, 2.75) is 19.3 Å². The molecule has 0 aliphatic heterocycles. The molecule has 0 amide bonds. The second kappa shape index (κ2) is 11.2. The number of hydrogen-bond donors (Lipinski definition) is 4. The second-order valence-electron chi connectivity index (χ2n) is 12.5. The highest BCUT2D eigenvalue weighted by atomic mass is 16.6. The van der Waals surface area contributed by atoms with Crippen molar-refractivity contribution in [1.82, 2.24) is 10.3 Å². The summed E-state index contributed by atoms with van der Waals surface area (Å²) in [6.07, 6.45) is 8.35. The van der Waals surface area contributed by atoms with Crippen LogP contribution in [0.4, 0.5) is 5.69 Å². The van der Waals surface area contributed by atoms with Gasteiger partial charge in [0.2, 0.25) is 0 Å². The molecule has 0 atom stereocenters. The van der Waals surface area contributed by atoms with Crippen LogP contribution >= 0.6 is 0 Å². The van der Waals surface area contributed by atoms with Gasteiger partial charge in [-0.2, -0.15) is 0 Å². The third-order valence-electron chi connectivity index (χ3n) is 9.48. The van der Waals surface area contributed by atoms with E-state index < -0.39 is 0 Å². The van der Waals surface area contributed by atoms with Crippen LogP contribution in [0.5, 0.6) is 0 Å². The minimum absolute atomic E-state index is 0.0155. The Morgan fingerprint density at radius 1 is 0.694 bits per heavy atom. The summed E-state index contributed by atoms with van der Waals surface area (Å²) in [6, 6.07) is 28.0. The molecule has 10 nitrogen and oxygen atoms in total. The van der Waals surface area contributed by atoms with Gasteiger partial charge in [0.05, 0.1) is 22.8 Å². The van der Waals surface area contributed by atoms with Crippen LogP contribution in [-0.4, -0.2) is 43.6 Å². The van der Waals surface area contributed by atoms with Gasteiger partial charge in [-0.15, -0.1) is 0 Å². The van der Waals surface area contributed by atoms with Crippen molar-refractivity contribution in [2.24, 2.45) is 10.3 Å². The van der Waals surface area contributed by atoms with E-state index in [9.17, 15) is 10.4 Å². The standard InChI is InChI=1S/C39H29N7O3/c1-39(2)28-12-7-6-11-26(28)27-21-23(15-18-29(27)39)25-17-20-33(38-36(25)44-49-45-38)46(31-14-8-13-30(42-47)35(31)41)32-19-16-24(34(40)37(32)43-48)22-9-4-3-5-10-22/h3-21,40-41,47-48H,1-2H3/b40-34?,41-35?,42-30-,43-37-. The average molecular weight is 644 g/mol. The van der Waals surface area contributed by atoms with Gasteiger partial charge < -0.3 is 15.3 Å². The first-order chi connectivity index (χ1) is 23.8. The molecule has 0 bridgehead atoms. The van der Waals surface area contributed by atoms with E-state index >= 15 is 0 Å². The van der Waals surface area contributed by atoms with Crippen molar-refractivity contribution in [3.05, 3.63) is 143 Å². The third-order valence-corrected chi connectivity index (χ3v) is 9.48. The molecule has 5 aromatic rings. The highest BCUT2D eigenvalue weighted by Gasteiger charge is 2.36. The van der Waals surface area contributed by atoms with E-state index in [1.165, 1.54) is 22.8 Å². The lowest BCUT2D eigenvalue weighted by atomic mass is 9.82. The molecule has 4 aromatic carbocycles. The van der Waals surface area contributed by atoms with Crippen molar-refractivity contribution in [3.63, 3.8) is 0 Å². The number of rotatable bonds is 5. The van der Waals surface area contributed by atoms with Crippen LogP contribution in [0, 0.1) is 10.8 Å². The van der Waals surface area contributed by atoms with Gasteiger partial charge in [0.25, 0.3) is 0 Å². The smallest absolute Gasteiger partial charge is 0.159 e. The lowest BCUT2D eigenvalue weighted by Gasteiger charge is -2.32. The van der Waals surface area contributed by atoms with Crippen LogP contribution in [0.25, 0.3) is 38.9 Å². The summed E-state index contributed by atoms with van der Waals surface area (Å²) < 4.78 is 5.36. The second-order valence-corrected chi connectivity index (χ2v) is 12.5. The normalized spacial score (nSPS) is 18.0. The highest BCUT2D eigenvalue weighted by Crippen LogP contribution is 2.50. The van der Waals surface area contributed by atoms with Gasteiger partial charge in [0.15, 0.2) is 11.2 Å². The quantitative estimate of drug-likeness (QED) is 0.0861. The number of aromatic nitrogens is 2. The third kappa shape index (κ3) is 4.49. The van der Waals surface area contributed by atoms with Crippen LogP contribution in [0.1, 0.15) is 30.5 Å². The first-order valence-corrected chi connectivity index (χ1v) is 15.6. The molecule has 1 heterocycles.